The maximum absolute atomic E-state index is 12.6. The maximum Gasteiger partial charge on any atom is 0.632 e. The third-order valence-electron chi connectivity index (χ3n) is 6.28. The van der Waals surface area contributed by atoms with Crippen LogP contribution in [-0.2, 0) is 35.0 Å². The molecule has 32 heavy (non-hydrogen) atoms. The van der Waals surface area contributed by atoms with Gasteiger partial charge in [0.05, 0.1) is 25.8 Å². The quantitative estimate of drug-likeness (QED) is 0.510. The van der Waals surface area contributed by atoms with Crippen LogP contribution in [0.25, 0.3) is 0 Å². The lowest BCUT2D eigenvalue weighted by atomic mass is 9.80. The minimum atomic E-state index is -1.02. The molecule has 0 spiro atoms. The maximum atomic E-state index is 12.6. The van der Waals surface area contributed by atoms with Crippen molar-refractivity contribution in [2.24, 2.45) is 0 Å². The van der Waals surface area contributed by atoms with Gasteiger partial charge in [0.25, 0.3) is 0 Å². The number of ether oxygens (including phenoxy) is 2. The minimum Gasteiger partial charge on any atom is -0.496 e. The van der Waals surface area contributed by atoms with Crippen LogP contribution in [0, 0.1) is 0 Å². The Labute approximate surface area is 187 Å². The van der Waals surface area contributed by atoms with Crippen molar-refractivity contribution in [3.05, 3.63) is 71.8 Å². The van der Waals surface area contributed by atoms with Crippen molar-refractivity contribution >= 4 is 19.1 Å². The average Bonchev–Trinajstić information content (AvgIpc) is 3.46. The van der Waals surface area contributed by atoms with Gasteiger partial charge in [0.1, 0.15) is 6.10 Å². The molecule has 5 rings (SSSR count). The zero-order chi connectivity index (χ0) is 21.9. The number of nitrogens with zero attached hydrogens (tertiary/aromatic N) is 1. The summed E-state index contributed by atoms with van der Waals surface area (Å²) in [5.74, 6) is -0.836. The molecule has 1 saturated carbocycles. The molecule has 2 saturated heterocycles. The van der Waals surface area contributed by atoms with Crippen molar-refractivity contribution in [3.8, 4) is 0 Å². The summed E-state index contributed by atoms with van der Waals surface area (Å²) in [6.07, 6.45) is 2.48. The van der Waals surface area contributed by atoms with E-state index in [9.17, 15) is 9.59 Å². The van der Waals surface area contributed by atoms with E-state index in [0.717, 1.165) is 30.4 Å². The van der Waals surface area contributed by atoms with Crippen LogP contribution in [0.4, 0.5) is 0 Å². The van der Waals surface area contributed by atoms with Gasteiger partial charge in [0.15, 0.2) is 6.00 Å². The van der Waals surface area contributed by atoms with Gasteiger partial charge < -0.3 is 18.8 Å². The highest BCUT2D eigenvalue weighted by Crippen LogP contribution is 2.41. The fourth-order valence-corrected chi connectivity index (χ4v) is 4.65. The number of benzene rings is 2. The van der Waals surface area contributed by atoms with Gasteiger partial charge in [0.2, 0.25) is 0 Å². The fraction of sp³-hybridized carbons (Fsp3) is 0.417. The van der Waals surface area contributed by atoms with Crippen molar-refractivity contribution < 1.29 is 28.4 Å². The Balaban J connectivity index is 1.19. The molecule has 2 aromatic carbocycles. The lowest BCUT2D eigenvalue weighted by molar-refractivity contribution is -0.149. The number of carbonyl (C=O) groups excluding carboxylic acids is 2. The molecule has 2 heterocycles. The van der Waals surface area contributed by atoms with Crippen LogP contribution >= 0.6 is 0 Å². The first-order valence-electron chi connectivity index (χ1n) is 11.2. The van der Waals surface area contributed by atoms with E-state index in [1.54, 1.807) is 0 Å². The zero-order valence-corrected chi connectivity index (χ0v) is 17.8. The summed E-state index contributed by atoms with van der Waals surface area (Å²) < 4.78 is 22.8. The Morgan fingerprint density at radius 3 is 2.25 bits per heavy atom. The molecule has 1 aliphatic carbocycles. The van der Waals surface area contributed by atoms with Crippen molar-refractivity contribution in [1.82, 2.24) is 4.90 Å². The molecule has 166 valence electrons. The molecular weight excluding hydrogens is 409 g/mol. The summed E-state index contributed by atoms with van der Waals surface area (Å²) in [5.41, 5.74) is 2.07. The van der Waals surface area contributed by atoms with Gasteiger partial charge in [-0.2, -0.15) is 0 Å². The average molecular weight is 435 g/mol. The third kappa shape index (κ3) is 4.87. The van der Waals surface area contributed by atoms with Crippen molar-refractivity contribution in [3.63, 3.8) is 0 Å². The van der Waals surface area contributed by atoms with E-state index >= 15 is 0 Å². The molecule has 7 nitrogen and oxygen atoms in total. The summed E-state index contributed by atoms with van der Waals surface area (Å²) in [7, 11) is -1.02. The van der Waals surface area contributed by atoms with E-state index in [1.807, 2.05) is 65.6 Å². The number of carbonyl (C=O) groups is 2. The molecule has 0 radical (unpaired) electrons. The zero-order valence-electron chi connectivity index (χ0n) is 17.8. The summed E-state index contributed by atoms with van der Waals surface area (Å²) in [4.78, 5) is 27.1. The fourth-order valence-electron chi connectivity index (χ4n) is 4.65. The van der Waals surface area contributed by atoms with E-state index in [-0.39, 0.29) is 31.3 Å². The van der Waals surface area contributed by atoms with E-state index in [0.29, 0.717) is 6.61 Å². The first-order chi connectivity index (χ1) is 15.7. The molecule has 3 fully saturated rings. The Kier molecular flexibility index (Phi) is 6.25. The molecule has 1 unspecified atom stereocenters. The van der Waals surface area contributed by atoms with E-state index in [1.165, 1.54) is 0 Å². The molecule has 0 amide bonds. The van der Waals surface area contributed by atoms with Crippen LogP contribution in [0.15, 0.2) is 60.7 Å². The van der Waals surface area contributed by atoms with Crippen LogP contribution in [0.1, 0.15) is 36.5 Å². The second kappa shape index (κ2) is 9.44. The topological polar surface area (TPSA) is 77.6 Å². The Bertz CT molecular complexity index is 922. The monoisotopic (exact) mass is 435 g/mol. The van der Waals surface area contributed by atoms with Gasteiger partial charge in [-0.25, -0.2) is 0 Å². The number of epoxide rings is 1. The van der Waals surface area contributed by atoms with E-state index in [4.69, 9.17) is 18.8 Å². The number of rotatable bonds is 6. The predicted molar refractivity (Wildman–Crippen MR) is 116 cm³/mol. The highest BCUT2D eigenvalue weighted by molar-refractivity contribution is 6.51. The summed E-state index contributed by atoms with van der Waals surface area (Å²) in [6.45, 7) is 0.571. The van der Waals surface area contributed by atoms with Gasteiger partial charge in [-0.1, -0.05) is 60.7 Å². The van der Waals surface area contributed by atoms with Gasteiger partial charge in [-0.05, 0) is 30.4 Å². The smallest absolute Gasteiger partial charge is 0.496 e. The molecule has 0 bridgehead atoms. The highest BCUT2D eigenvalue weighted by atomic mass is 16.7. The van der Waals surface area contributed by atoms with Crippen LogP contribution in [-0.4, -0.2) is 55.2 Å². The molecule has 0 aromatic heterocycles. The first-order valence-corrected chi connectivity index (χ1v) is 11.2. The molecule has 0 N–H and O–H groups in total. The van der Waals surface area contributed by atoms with Crippen molar-refractivity contribution in [2.45, 2.75) is 50.1 Å². The molecule has 4 atom stereocenters. The Morgan fingerprint density at radius 2 is 1.56 bits per heavy atom. The summed E-state index contributed by atoms with van der Waals surface area (Å²) >= 11 is 0. The Hall–Kier alpha value is -2.68. The molecule has 3 aliphatic rings. The molecule has 2 aromatic rings. The largest absolute Gasteiger partial charge is 0.632 e. The van der Waals surface area contributed by atoms with Gasteiger partial charge in [-0.3, -0.25) is 14.5 Å². The molecular formula is C24H26BNO6. The lowest BCUT2D eigenvalue weighted by Gasteiger charge is -2.33. The van der Waals surface area contributed by atoms with Gasteiger partial charge in [-0.15, -0.1) is 0 Å². The molecule has 8 heteroatoms. The van der Waals surface area contributed by atoms with Gasteiger partial charge in [0, 0.05) is 6.04 Å². The van der Waals surface area contributed by atoms with Crippen LogP contribution in [0.2, 0.25) is 0 Å². The number of hydrogen-bond donors (Lipinski definition) is 0. The Morgan fingerprint density at radius 1 is 0.906 bits per heavy atom. The number of hydrogen-bond acceptors (Lipinski definition) is 7. The highest BCUT2D eigenvalue weighted by Gasteiger charge is 2.56. The van der Waals surface area contributed by atoms with Crippen LogP contribution in [0.5, 0.6) is 0 Å². The van der Waals surface area contributed by atoms with Gasteiger partial charge >= 0.3 is 19.1 Å². The lowest BCUT2D eigenvalue weighted by Crippen LogP contribution is -2.51. The summed E-state index contributed by atoms with van der Waals surface area (Å²) in [6, 6.07) is 19.1. The summed E-state index contributed by atoms with van der Waals surface area (Å²) in [5, 5.41) is 0. The standard InChI is InChI=1S/C24H26BNO6/c27-21-14-26(19-12-7-13-20(19)29-16-17-8-3-1-4-9-17)15-22(28)32-25(31-21)24-23(30-24)18-10-5-2-6-11-18/h1-6,8-11,19-20,23-24H,7,12-16H2/t19-,20-,23+,24?/m1/s1. The first kappa shape index (κ1) is 21.2. The second-order valence-electron chi connectivity index (χ2n) is 8.52. The third-order valence-corrected chi connectivity index (χ3v) is 6.28. The van der Waals surface area contributed by atoms with Crippen molar-refractivity contribution in [1.29, 1.82) is 0 Å². The normalized spacial score (nSPS) is 28.6. The SMILES string of the molecule is O=C1CN([C@@H]2CCC[C@H]2OCc2ccccc2)CC(=O)OB(C2O[C@H]2c2ccccc2)O1. The van der Waals surface area contributed by atoms with Crippen LogP contribution < -0.4 is 0 Å². The molecule has 2 aliphatic heterocycles. The minimum absolute atomic E-state index is 0.0235. The van der Waals surface area contributed by atoms with Crippen molar-refractivity contribution in [2.75, 3.05) is 13.1 Å². The van der Waals surface area contributed by atoms with Crippen LogP contribution in [0.3, 0.4) is 0 Å². The predicted octanol–water partition coefficient (Wildman–Crippen LogP) is 2.69. The van der Waals surface area contributed by atoms with E-state index < -0.39 is 25.1 Å². The van der Waals surface area contributed by atoms with E-state index in [2.05, 4.69) is 0 Å². The second-order valence-corrected chi connectivity index (χ2v) is 8.52.